The van der Waals surface area contributed by atoms with E-state index in [-0.39, 0.29) is 34.5 Å². The Bertz CT molecular complexity index is 829. The Morgan fingerprint density at radius 1 is 1.04 bits per heavy atom. The van der Waals surface area contributed by atoms with E-state index in [0.29, 0.717) is 26.2 Å². The van der Waals surface area contributed by atoms with E-state index < -0.39 is 10.0 Å². The van der Waals surface area contributed by atoms with Crippen LogP contribution in [0, 0.1) is 11.3 Å². The average Bonchev–Trinajstić information content (AvgIpc) is 2.66. The van der Waals surface area contributed by atoms with Crippen molar-refractivity contribution in [1.82, 2.24) is 14.1 Å². The van der Waals surface area contributed by atoms with E-state index in [2.05, 4.69) is 0 Å². The summed E-state index contributed by atoms with van der Waals surface area (Å²) in [7, 11) is -3.73. The molecule has 0 spiro atoms. The Labute approximate surface area is 168 Å². The number of hydrogen-bond donors (Lipinski definition) is 0. The summed E-state index contributed by atoms with van der Waals surface area (Å²) >= 11 is 0. The molecular formula is C20H30N4O3S. The fraction of sp³-hybridized carbons (Fsp3) is 0.600. The van der Waals surface area contributed by atoms with Crippen molar-refractivity contribution < 1.29 is 13.2 Å². The maximum Gasteiger partial charge on any atom is 0.244 e. The zero-order chi connectivity index (χ0) is 21.1. The Morgan fingerprint density at radius 3 is 2.07 bits per heavy atom. The van der Waals surface area contributed by atoms with E-state index in [1.54, 1.807) is 12.1 Å². The van der Waals surface area contributed by atoms with Gasteiger partial charge in [0.1, 0.15) is 6.07 Å². The predicted octanol–water partition coefficient (Wildman–Crippen LogP) is 1.90. The van der Waals surface area contributed by atoms with Crippen LogP contribution >= 0.6 is 0 Å². The van der Waals surface area contributed by atoms with Crippen molar-refractivity contribution in [2.45, 2.75) is 57.6 Å². The Balaban J connectivity index is 2.10. The lowest BCUT2D eigenvalue weighted by atomic mass is 10.1. The molecule has 2 rings (SSSR count). The van der Waals surface area contributed by atoms with E-state index in [0.717, 1.165) is 0 Å². The van der Waals surface area contributed by atoms with Gasteiger partial charge in [0.2, 0.25) is 15.9 Å². The number of amides is 1. The van der Waals surface area contributed by atoms with E-state index in [9.17, 15) is 18.5 Å². The lowest BCUT2D eigenvalue weighted by Gasteiger charge is -2.40. The molecule has 1 atom stereocenters. The molecule has 8 heteroatoms. The quantitative estimate of drug-likeness (QED) is 0.720. The lowest BCUT2D eigenvalue weighted by Crippen LogP contribution is -2.57. The van der Waals surface area contributed by atoms with Crippen molar-refractivity contribution in [3.05, 3.63) is 29.8 Å². The van der Waals surface area contributed by atoms with Crippen LogP contribution in [0.5, 0.6) is 0 Å². The molecule has 1 aliphatic rings. The molecule has 1 heterocycles. The Morgan fingerprint density at radius 2 is 1.57 bits per heavy atom. The van der Waals surface area contributed by atoms with Gasteiger partial charge in [-0.2, -0.15) is 9.57 Å². The Kier molecular flexibility index (Phi) is 7.21. The number of rotatable bonds is 6. The van der Waals surface area contributed by atoms with Gasteiger partial charge in [0.25, 0.3) is 0 Å². The van der Waals surface area contributed by atoms with Crippen LogP contribution in [-0.2, 0) is 14.8 Å². The van der Waals surface area contributed by atoms with E-state index in [1.165, 1.54) is 16.4 Å². The molecule has 0 radical (unpaired) electrons. The maximum absolute atomic E-state index is 12.9. The van der Waals surface area contributed by atoms with E-state index in [4.69, 9.17) is 0 Å². The van der Waals surface area contributed by atoms with Crippen LogP contribution in [0.25, 0.3) is 0 Å². The van der Waals surface area contributed by atoms with Crippen molar-refractivity contribution in [3.63, 3.8) is 0 Å². The topological polar surface area (TPSA) is 84.7 Å². The van der Waals surface area contributed by atoms with Crippen LogP contribution in [0.15, 0.2) is 29.2 Å². The van der Waals surface area contributed by atoms with Gasteiger partial charge in [-0.15, -0.1) is 0 Å². The van der Waals surface area contributed by atoms with Gasteiger partial charge in [0.05, 0.1) is 16.5 Å². The minimum absolute atomic E-state index is 0.0425. The van der Waals surface area contributed by atoms with Crippen molar-refractivity contribution in [2.75, 3.05) is 26.2 Å². The molecule has 1 aromatic rings. The SMILES string of the molecule is CC(C)N(C(=O)[C@@H](C)N1CCN(S(=O)(=O)c2ccccc2C#N)CC1)C(C)C. The second-order valence-electron chi connectivity index (χ2n) is 7.66. The summed E-state index contributed by atoms with van der Waals surface area (Å²) in [6, 6.07) is 8.12. The smallest absolute Gasteiger partial charge is 0.244 e. The third-order valence-electron chi connectivity index (χ3n) is 5.17. The van der Waals surface area contributed by atoms with Crippen LogP contribution in [0.3, 0.4) is 0 Å². The molecule has 1 aromatic carbocycles. The van der Waals surface area contributed by atoms with Gasteiger partial charge in [-0.25, -0.2) is 8.42 Å². The number of nitrogens with zero attached hydrogens (tertiary/aromatic N) is 4. The normalized spacial score (nSPS) is 17.5. The molecule has 7 nitrogen and oxygen atoms in total. The summed E-state index contributed by atoms with van der Waals surface area (Å²) in [5.74, 6) is 0.0659. The van der Waals surface area contributed by atoms with Gasteiger partial charge in [0.15, 0.2) is 0 Å². The fourth-order valence-corrected chi connectivity index (χ4v) is 5.30. The van der Waals surface area contributed by atoms with Crippen molar-refractivity contribution in [3.8, 4) is 6.07 Å². The lowest BCUT2D eigenvalue weighted by molar-refractivity contribution is -0.140. The standard InChI is InChI=1S/C20H30N4O3S/c1-15(2)24(16(3)4)20(25)17(5)22-10-12-23(13-11-22)28(26,27)19-9-7-6-8-18(19)14-21/h6-9,15-17H,10-13H2,1-5H3/t17-/m1/s1. The zero-order valence-electron chi connectivity index (χ0n) is 17.3. The third kappa shape index (κ3) is 4.54. The molecule has 154 valence electrons. The van der Waals surface area contributed by atoms with Gasteiger partial charge >= 0.3 is 0 Å². The highest BCUT2D eigenvalue weighted by Gasteiger charge is 2.35. The second kappa shape index (κ2) is 9.03. The monoisotopic (exact) mass is 406 g/mol. The van der Waals surface area contributed by atoms with Gasteiger partial charge < -0.3 is 4.90 Å². The molecule has 0 aromatic heterocycles. The van der Waals surface area contributed by atoms with Gasteiger partial charge in [-0.1, -0.05) is 12.1 Å². The molecule has 0 N–H and O–H groups in total. The van der Waals surface area contributed by atoms with Crippen molar-refractivity contribution >= 4 is 15.9 Å². The number of piperazine rings is 1. The van der Waals surface area contributed by atoms with Gasteiger partial charge in [-0.05, 0) is 46.8 Å². The largest absolute Gasteiger partial charge is 0.336 e. The highest BCUT2D eigenvalue weighted by Crippen LogP contribution is 2.22. The van der Waals surface area contributed by atoms with Crippen molar-refractivity contribution in [2.24, 2.45) is 0 Å². The van der Waals surface area contributed by atoms with Gasteiger partial charge in [-0.3, -0.25) is 9.69 Å². The van der Waals surface area contributed by atoms with Crippen LogP contribution in [-0.4, -0.2) is 72.7 Å². The summed E-state index contributed by atoms with van der Waals surface area (Å²) in [5, 5.41) is 9.21. The first-order valence-electron chi connectivity index (χ1n) is 9.66. The van der Waals surface area contributed by atoms with Crippen molar-refractivity contribution in [1.29, 1.82) is 5.26 Å². The summed E-state index contributed by atoms with van der Waals surface area (Å²) in [6.07, 6.45) is 0. The van der Waals surface area contributed by atoms with Crippen LogP contribution in [0.2, 0.25) is 0 Å². The summed E-state index contributed by atoms with van der Waals surface area (Å²) in [4.78, 5) is 16.9. The van der Waals surface area contributed by atoms with Crippen LogP contribution < -0.4 is 0 Å². The first kappa shape index (κ1) is 22.3. The molecule has 0 bridgehead atoms. The predicted molar refractivity (Wildman–Crippen MR) is 108 cm³/mol. The molecule has 1 amide bonds. The number of carbonyl (C=O) groups is 1. The first-order valence-corrected chi connectivity index (χ1v) is 11.1. The first-order chi connectivity index (χ1) is 13.1. The number of nitriles is 1. The van der Waals surface area contributed by atoms with Gasteiger partial charge in [0, 0.05) is 38.3 Å². The second-order valence-corrected chi connectivity index (χ2v) is 9.56. The Hall–Kier alpha value is -1.95. The number of sulfonamides is 1. The van der Waals surface area contributed by atoms with E-state index >= 15 is 0 Å². The molecule has 0 saturated carbocycles. The molecule has 28 heavy (non-hydrogen) atoms. The van der Waals surface area contributed by atoms with Crippen LogP contribution in [0.4, 0.5) is 0 Å². The molecule has 1 aliphatic heterocycles. The highest BCUT2D eigenvalue weighted by atomic mass is 32.2. The average molecular weight is 407 g/mol. The number of carbonyl (C=O) groups excluding carboxylic acids is 1. The molecule has 0 aliphatic carbocycles. The minimum atomic E-state index is -3.73. The summed E-state index contributed by atoms with van der Waals surface area (Å²) in [5.41, 5.74) is 0.151. The van der Waals surface area contributed by atoms with E-state index in [1.807, 2.05) is 50.5 Å². The molecular weight excluding hydrogens is 376 g/mol. The maximum atomic E-state index is 12.9. The summed E-state index contributed by atoms with van der Waals surface area (Å²) < 4.78 is 27.3. The molecule has 1 fully saturated rings. The number of hydrogen-bond acceptors (Lipinski definition) is 5. The summed E-state index contributed by atoms with van der Waals surface area (Å²) in [6.45, 7) is 11.4. The fourth-order valence-electron chi connectivity index (χ4n) is 3.73. The third-order valence-corrected chi connectivity index (χ3v) is 7.13. The minimum Gasteiger partial charge on any atom is -0.336 e. The number of benzene rings is 1. The highest BCUT2D eigenvalue weighted by molar-refractivity contribution is 7.89. The van der Waals surface area contributed by atoms with Crippen LogP contribution in [0.1, 0.15) is 40.2 Å². The molecule has 0 unspecified atom stereocenters. The molecule has 1 saturated heterocycles. The zero-order valence-corrected chi connectivity index (χ0v) is 18.1.